The zero-order chi connectivity index (χ0) is 11.6. The Morgan fingerprint density at radius 3 is 1.44 bits per heavy atom. The number of hydrogen-bond donors (Lipinski definition) is 0. The molecule has 0 heteroatoms. The SMILES string of the molecule is CC1(C)Cc2ccc3c(c2C1)CC(C)(C)C3. The average molecular weight is 214 g/mol. The molecule has 0 spiro atoms. The molecule has 2 aliphatic rings. The third kappa shape index (κ3) is 1.50. The van der Waals surface area contributed by atoms with Crippen LogP contribution in [-0.4, -0.2) is 0 Å². The second kappa shape index (κ2) is 2.91. The summed E-state index contributed by atoms with van der Waals surface area (Å²) in [5.74, 6) is 0. The van der Waals surface area contributed by atoms with Crippen LogP contribution in [0.2, 0.25) is 0 Å². The molecule has 0 radical (unpaired) electrons. The minimum absolute atomic E-state index is 0.490. The Balaban J connectivity index is 2.09. The van der Waals surface area contributed by atoms with Gasteiger partial charge in [-0.1, -0.05) is 39.8 Å². The van der Waals surface area contributed by atoms with E-state index in [-0.39, 0.29) is 0 Å². The first-order valence-corrected chi connectivity index (χ1v) is 6.49. The zero-order valence-electron chi connectivity index (χ0n) is 11.0. The fourth-order valence-electron chi connectivity index (χ4n) is 3.67. The minimum Gasteiger partial charge on any atom is -0.0593 e. The van der Waals surface area contributed by atoms with Crippen LogP contribution in [0.25, 0.3) is 0 Å². The van der Waals surface area contributed by atoms with Gasteiger partial charge in [-0.2, -0.15) is 0 Å². The van der Waals surface area contributed by atoms with E-state index in [1.54, 1.807) is 22.3 Å². The molecule has 1 aromatic rings. The molecule has 0 aromatic heterocycles. The lowest BCUT2D eigenvalue weighted by Gasteiger charge is -2.17. The largest absolute Gasteiger partial charge is 0.0593 e. The summed E-state index contributed by atoms with van der Waals surface area (Å²) in [6, 6.07) is 4.79. The van der Waals surface area contributed by atoms with Gasteiger partial charge in [-0.15, -0.1) is 0 Å². The Hall–Kier alpha value is -0.780. The van der Waals surface area contributed by atoms with E-state index in [1.807, 2.05) is 0 Å². The number of fused-ring (bicyclic) bond motifs is 3. The van der Waals surface area contributed by atoms with E-state index in [1.165, 1.54) is 25.7 Å². The Bertz CT molecular complexity index is 406. The average Bonchev–Trinajstić information content (AvgIpc) is 2.58. The molecule has 0 fully saturated rings. The van der Waals surface area contributed by atoms with Crippen molar-refractivity contribution in [3.05, 3.63) is 34.4 Å². The molecule has 3 rings (SSSR count). The molecule has 0 heterocycles. The smallest absolute Gasteiger partial charge is 0.0218 e. The van der Waals surface area contributed by atoms with Crippen molar-refractivity contribution in [1.29, 1.82) is 0 Å². The van der Waals surface area contributed by atoms with Gasteiger partial charge >= 0.3 is 0 Å². The maximum absolute atomic E-state index is 2.40. The van der Waals surface area contributed by atoms with E-state index in [2.05, 4.69) is 39.8 Å². The molecular weight excluding hydrogens is 192 g/mol. The highest BCUT2D eigenvalue weighted by Crippen LogP contribution is 2.45. The van der Waals surface area contributed by atoms with Gasteiger partial charge in [0, 0.05) is 0 Å². The number of rotatable bonds is 0. The lowest BCUT2D eigenvalue weighted by Crippen LogP contribution is -2.11. The highest BCUT2D eigenvalue weighted by molar-refractivity contribution is 5.48. The fourth-order valence-corrected chi connectivity index (χ4v) is 3.67. The molecule has 16 heavy (non-hydrogen) atoms. The molecule has 0 saturated carbocycles. The van der Waals surface area contributed by atoms with Gasteiger partial charge in [0.2, 0.25) is 0 Å². The van der Waals surface area contributed by atoms with Crippen molar-refractivity contribution < 1.29 is 0 Å². The molecule has 0 atom stereocenters. The summed E-state index contributed by atoms with van der Waals surface area (Å²) in [5.41, 5.74) is 7.64. The first-order chi connectivity index (χ1) is 7.36. The van der Waals surface area contributed by atoms with Crippen molar-refractivity contribution in [2.45, 2.75) is 53.4 Å². The van der Waals surface area contributed by atoms with Gasteiger partial charge in [-0.25, -0.2) is 0 Å². The molecule has 0 N–H and O–H groups in total. The maximum Gasteiger partial charge on any atom is -0.0218 e. The summed E-state index contributed by atoms with van der Waals surface area (Å²) in [7, 11) is 0. The fraction of sp³-hybridized carbons (Fsp3) is 0.625. The lowest BCUT2D eigenvalue weighted by molar-refractivity contribution is 0.383. The van der Waals surface area contributed by atoms with E-state index in [0.717, 1.165) is 0 Å². The Labute approximate surface area is 99.1 Å². The van der Waals surface area contributed by atoms with Crippen molar-refractivity contribution in [3.8, 4) is 0 Å². The van der Waals surface area contributed by atoms with Crippen LogP contribution < -0.4 is 0 Å². The normalized spacial score (nSPS) is 24.2. The third-order valence-electron chi connectivity index (χ3n) is 4.27. The van der Waals surface area contributed by atoms with Crippen LogP contribution in [0.15, 0.2) is 12.1 Å². The van der Waals surface area contributed by atoms with Gasteiger partial charge in [-0.3, -0.25) is 0 Å². The molecule has 86 valence electrons. The monoisotopic (exact) mass is 214 g/mol. The van der Waals surface area contributed by atoms with Gasteiger partial charge in [0.1, 0.15) is 0 Å². The molecule has 0 unspecified atom stereocenters. The second-order valence-corrected chi connectivity index (χ2v) is 7.38. The van der Waals surface area contributed by atoms with Crippen molar-refractivity contribution >= 4 is 0 Å². The summed E-state index contributed by atoms with van der Waals surface area (Å²) in [5, 5.41) is 0. The van der Waals surface area contributed by atoms with Crippen LogP contribution >= 0.6 is 0 Å². The van der Waals surface area contributed by atoms with Gasteiger partial charge in [0.05, 0.1) is 0 Å². The van der Waals surface area contributed by atoms with E-state index in [0.29, 0.717) is 10.8 Å². The van der Waals surface area contributed by atoms with E-state index in [4.69, 9.17) is 0 Å². The molecule has 1 aromatic carbocycles. The molecule has 0 bridgehead atoms. The highest BCUT2D eigenvalue weighted by atomic mass is 14.4. The summed E-state index contributed by atoms with van der Waals surface area (Å²) in [4.78, 5) is 0. The van der Waals surface area contributed by atoms with Gasteiger partial charge in [-0.05, 0) is 58.8 Å². The number of benzene rings is 1. The van der Waals surface area contributed by atoms with Gasteiger partial charge in [0.25, 0.3) is 0 Å². The summed E-state index contributed by atoms with van der Waals surface area (Å²) >= 11 is 0. The predicted molar refractivity (Wildman–Crippen MR) is 68.8 cm³/mol. The standard InChI is InChI=1S/C16H22/c1-15(2)7-11-5-6-12-8-16(3,4)10-14(12)13(11)9-15/h5-6H,7-10H2,1-4H3. The van der Waals surface area contributed by atoms with Crippen molar-refractivity contribution in [2.75, 3.05) is 0 Å². The minimum atomic E-state index is 0.490. The van der Waals surface area contributed by atoms with E-state index < -0.39 is 0 Å². The van der Waals surface area contributed by atoms with Crippen LogP contribution in [0.3, 0.4) is 0 Å². The summed E-state index contributed by atoms with van der Waals surface area (Å²) in [6.45, 7) is 9.61. The van der Waals surface area contributed by atoms with Crippen molar-refractivity contribution in [3.63, 3.8) is 0 Å². The Morgan fingerprint density at radius 1 is 0.688 bits per heavy atom. The third-order valence-corrected chi connectivity index (χ3v) is 4.27. The van der Waals surface area contributed by atoms with Crippen LogP contribution in [0, 0.1) is 10.8 Å². The molecule has 0 nitrogen and oxygen atoms in total. The molecule has 0 saturated heterocycles. The first-order valence-electron chi connectivity index (χ1n) is 6.49. The first kappa shape index (κ1) is 10.4. The quantitative estimate of drug-likeness (QED) is 0.613. The Morgan fingerprint density at radius 2 is 1.06 bits per heavy atom. The summed E-state index contributed by atoms with van der Waals surface area (Å²) < 4.78 is 0. The van der Waals surface area contributed by atoms with E-state index in [9.17, 15) is 0 Å². The molecule has 2 aliphatic carbocycles. The van der Waals surface area contributed by atoms with Crippen LogP contribution in [0.5, 0.6) is 0 Å². The number of hydrogen-bond acceptors (Lipinski definition) is 0. The predicted octanol–water partition coefficient (Wildman–Crippen LogP) is 3.94. The lowest BCUT2D eigenvalue weighted by atomic mass is 9.88. The van der Waals surface area contributed by atoms with Gasteiger partial charge < -0.3 is 0 Å². The highest BCUT2D eigenvalue weighted by Gasteiger charge is 2.36. The molecule has 0 amide bonds. The van der Waals surface area contributed by atoms with E-state index >= 15 is 0 Å². The summed E-state index contributed by atoms with van der Waals surface area (Å²) in [6.07, 6.45) is 5.13. The van der Waals surface area contributed by atoms with Crippen LogP contribution in [-0.2, 0) is 25.7 Å². The zero-order valence-corrected chi connectivity index (χ0v) is 11.0. The van der Waals surface area contributed by atoms with Gasteiger partial charge in [0.15, 0.2) is 0 Å². The maximum atomic E-state index is 2.40. The van der Waals surface area contributed by atoms with Crippen LogP contribution in [0.4, 0.5) is 0 Å². The van der Waals surface area contributed by atoms with Crippen molar-refractivity contribution in [2.24, 2.45) is 10.8 Å². The topological polar surface area (TPSA) is 0 Å². The van der Waals surface area contributed by atoms with Crippen LogP contribution in [0.1, 0.15) is 49.9 Å². The molecular formula is C16H22. The second-order valence-electron chi connectivity index (χ2n) is 7.38. The Kier molecular flexibility index (Phi) is 1.89. The molecule has 0 aliphatic heterocycles. The van der Waals surface area contributed by atoms with Crippen molar-refractivity contribution in [1.82, 2.24) is 0 Å².